The number of halogens is 1. The molecule has 3 aromatic rings. The van der Waals surface area contributed by atoms with Crippen LogP contribution in [0.5, 0.6) is 5.88 Å². The van der Waals surface area contributed by atoms with Gasteiger partial charge in [0.1, 0.15) is 10.4 Å². The van der Waals surface area contributed by atoms with E-state index >= 15 is 0 Å². The number of nitrogens with zero attached hydrogens (tertiary/aromatic N) is 3. The molecule has 100 valence electrons. The SMILES string of the molecule is O=c1[nH]c(-c2cnns2)nc(O)c1-c1ccc(Br)cc1. The minimum Gasteiger partial charge on any atom is -0.493 e. The number of aromatic hydroxyl groups is 1. The first-order valence-electron chi connectivity index (χ1n) is 5.52. The van der Waals surface area contributed by atoms with Crippen molar-refractivity contribution in [1.29, 1.82) is 0 Å². The average molecular weight is 351 g/mol. The Labute approximate surface area is 125 Å². The number of aromatic nitrogens is 4. The van der Waals surface area contributed by atoms with Gasteiger partial charge < -0.3 is 10.1 Å². The summed E-state index contributed by atoms with van der Waals surface area (Å²) in [4.78, 5) is 19.3. The molecule has 0 saturated carbocycles. The fourth-order valence-electron chi connectivity index (χ4n) is 1.73. The molecule has 0 saturated heterocycles. The topological polar surface area (TPSA) is 91.8 Å². The predicted octanol–water partition coefficient (Wildman–Crippen LogP) is 2.42. The molecule has 0 aliphatic rings. The summed E-state index contributed by atoms with van der Waals surface area (Å²) in [5.41, 5.74) is 0.315. The fraction of sp³-hybridized carbons (Fsp3) is 0. The molecule has 1 aromatic carbocycles. The van der Waals surface area contributed by atoms with Gasteiger partial charge in [-0.1, -0.05) is 32.6 Å². The molecule has 0 fully saturated rings. The molecule has 0 radical (unpaired) electrons. The highest BCUT2D eigenvalue weighted by molar-refractivity contribution is 9.10. The van der Waals surface area contributed by atoms with Crippen molar-refractivity contribution >= 4 is 27.5 Å². The number of benzene rings is 1. The summed E-state index contributed by atoms with van der Waals surface area (Å²) in [5.74, 6) is -0.0668. The monoisotopic (exact) mass is 350 g/mol. The molecule has 20 heavy (non-hydrogen) atoms. The Morgan fingerprint density at radius 1 is 1.25 bits per heavy atom. The third-order valence-electron chi connectivity index (χ3n) is 2.63. The molecule has 0 aliphatic heterocycles. The molecule has 0 unspecified atom stereocenters. The van der Waals surface area contributed by atoms with Crippen LogP contribution < -0.4 is 5.56 Å². The zero-order valence-electron chi connectivity index (χ0n) is 9.87. The maximum atomic E-state index is 12.1. The Balaban J connectivity index is 2.14. The minimum atomic E-state index is -0.414. The molecule has 2 aromatic heterocycles. The van der Waals surface area contributed by atoms with Crippen LogP contribution in [0.15, 0.2) is 39.7 Å². The van der Waals surface area contributed by atoms with Crippen LogP contribution in [0.25, 0.3) is 21.8 Å². The standard InChI is InChI=1S/C12H7BrN4O2S/c13-7-3-1-6(2-4-7)9-11(18)15-10(16-12(9)19)8-5-14-17-20-8/h1-5H,(H2,15,16,18,19). The Kier molecular flexibility index (Phi) is 3.33. The van der Waals surface area contributed by atoms with Gasteiger partial charge in [0.05, 0.1) is 6.20 Å². The zero-order valence-corrected chi connectivity index (χ0v) is 12.3. The maximum Gasteiger partial charge on any atom is 0.262 e. The van der Waals surface area contributed by atoms with Crippen LogP contribution in [0.2, 0.25) is 0 Å². The third kappa shape index (κ3) is 2.35. The molecule has 6 nitrogen and oxygen atoms in total. The van der Waals surface area contributed by atoms with Crippen molar-refractivity contribution in [2.45, 2.75) is 0 Å². The molecule has 0 amide bonds. The summed E-state index contributed by atoms with van der Waals surface area (Å²) >= 11 is 4.40. The fourth-order valence-corrected chi connectivity index (χ4v) is 2.45. The summed E-state index contributed by atoms with van der Waals surface area (Å²) in [6, 6.07) is 7.03. The second-order valence-electron chi connectivity index (χ2n) is 3.90. The molecule has 2 heterocycles. The lowest BCUT2D eigenvalue weighted by Gasteiger charge is -2.04. The largest absolute Gasteiger partial charge is 0.493 e. The molecule has 3 rings (SSSR count). The summed E-state index contributed by atoms with van der Waals surface area (Å²) in [6.45, 7) is 0. The normalized spacial score (nSPS) is 10.7. The lowest BCUT2D eigenvalue weighted by Crippen LogP contribution is -2.11. The number of hydrogen-bond acceptors (Lipinski definition) is 6. The van der Waals surface area contributed by atoms with Gasteiger partial charge in [-0.25, -0.2) is 0 Å². The van der Waals surface area contributed by atoms with Crippen molar-refractivity contribution in [2.75, 3.05) is 0 Å². The summed E-state index contributed by atoms with van der Waals surface area (Å²) < 4.78 is 4.58. The van der Waals surface area contributed by atoms with Crippen molar-refractivity contribution in [3.05, 3.63) is 45.3 Å². The number of H-pyrrole nitrogens is 1. The quantitative estimate of drug-likeness (QED) is 0.740. The van der Waals surface area contributed by atoms with E-state index in [0.717, 1.165) is 16.0 Å². The van der Waals surface area contributed by atoms with Crippen LogP contribution in [-0.2, 0) is 0 Å². The predicted molar refractivity (Wildman–Crippen MR) is 78.6 cm³/mol. The van der Waals surface area contributed by atoms with Crippen molar-refractivity contribution in [3.63, 3.8) is 0 Å². The van der Waals surface area contributed by atoms with Crippen molar-refractivity contribution < 1.29 is 5.11 Å². The summed E-state index contributed by atoms with van der Waals surface area (Å²) in [6.07, 6.45) is 1.47. The van der Waals surface area contributed by atoms with Gasteiger partial charge in [0.25, 0.3) is 5.56 Å². The maximum absolute atomic E-state index is 12.1. The van der Waals surface area contributed by atoms with Gasteiger partial charge in [0, 0.05) is 4.47 Å². The van der Waals surface area contributed by atoms with Crippen molar-refractivity contribution in [3.8, 4) is 27.7 Å². The van der Waals surface area contributed by atoms with Crippen LogP contribution in [0, 0.1) is 0 Å². The van der Waals surface area contributed by atoms with Crippen molar-refractivity contribution in [1.82, 2.24) is 19.6 Å². The first kappa shape index (κ1) is 12.9. The van der Waals surface area contributed by atoms with E-state index in [2.05, 4.69) is 35.5 Å². The van der Waals surface area contributed by atoms with Crippen LogP contribution in [0.4, 0.5) is 0 Å². The summed E-state index contributed by atoms with van der Waals surface area (Å²) in [5, 5.41) is 13.7. The lowest BCUT2D eigenvalue weighted by molar-refractivity contribution is 0.454. The molecular formula is C12H7BrN4O2S. The van der Waals surface area contributed by atoms with Crippen LogP contribution in [-0.4, -0.2) is 24.7 Å². The first-order chi connectivity index (χ1) is 9.65. The molecule has 2 N–H and O–H groups in total. The van der Waals surface area contributed by atoms with Gasteiger partial charge >= 0.3 is 0 Å². The van der Waals surface area contributed by atoms with Crippen LogP contribution >= 0.6 is 27.5 Å². The first-order valence-corrected chi connectivity index (χ1v) is 7.09. The second kappa shape index (κ2) is 5.14. The molecule has 8 heteroatoms. The number of aromatic amines is 1. The highest BCUT2D eigenvalue weighted by Gasteiger charge is 2.14. The van der Waals surface area contributed by atoms with Crippen LogP contribution in [0.1, 0.15) is 0 Å². The van der Waals surface area contributed by atoms with E-state index < -0.39 is 5.56 Å². The Morgan fingerprint density at radius 3 is 2.60 bits per heavy atom. The van der Waals surface area contributed by atoms with Gasteiger partial charge in [-0.15, -0.1) is 5.10 Å². The van der Waals surface area contributed by atoms with E-state index in [4.69, 9.17) is 0 Å². The zero-order chi connectivity index (χ0) is 14.1. The van der Waals surface area contributed by atoms with Gasteiger partial charge in [-0.2, -0.15) is 4.98 Å². The smallest absolute Gasteiger partial charge is 0.262 e. The highest BCUT2D eigenvalue weighted by atomic mass is 79.9. The number of nitrogens with one attached hydrogen (secondary N) is 1. The van der Waals surface area contributed by atoms with Crippen molar-refractivity contribution in [2.24, 2.45) is 0 Å². The average Bonchev–Trinajstić information content (AvgIpc) is 2.94. The van der Waals surface area contributed by atoms with Gasteiger partial charge in [0.2, 0.25) is 5.88 Å². The summed E-state index contributed by atoms with van der Waals surface area (Å²) in [7, 11) is 0. The Hall–Kier alpha value is -2.06. The Bertz CT molecular complexity index is 799. The number of rotatable bonds is 2. The minimum absolute atomic E-state index is 0.138. The molecular weight excluding hydrogens is 344 g/mol. The van der Waals surface area contributed by atoms with E-state index in [1.54, 1.807) is 24.3 Å². The van der Waals surface area contributed by atoms with Crippen LogP contribution in [0.3, 0.4) is 0 Å². The van der Waals surface area contributed by atoms with E-state index in [9.17, 15) is 9.90 Å². The number of hydrogen-bond donors (Lipinski definition) is 2. The highest BCUT2D eigenvalue weighted by Crippen LogP contribution is 2.27. The van der Waals surface area contributed by atoms with Gasteiger partial charge in [-0.05, 0) is 29.2 Å². The second-order valence-corrected chi connectivity index (χ2v) is 5.60. The molecule has 0 bridgehead atoms. The van der Waals surface area contributed by atoms with E-state index in [1.165, 1.54) is 6.20 Å². The third-order valence-corrected chi connectivity index (χ3v) is 3.83. The molecule has 0 atom stereocenters. The van der Waals surface area contributed by atoms with Gasteiger partial charge in [0.15, 0.2) is 5.82 Å². The van der Waals surface area contributed by atoms with E-state index in [1.807, 2.05) is 0 Å². The Morgan fingerprint density at radius 2 is 2.00 bits per heavy atom. The molecule has 0 spiro atoms. The molecule has 0 aliphatic carbocycles. The van der Waals surface area contributed by atoms with E-state index in [-0.39, 0.29) is 17.3 Å². The van der Waals surface area contributed by atoms with Gasteiger partial charge in [-0.3, -0.25) is 4.79 Å². The van der Waals surface area contributed by atoms with E-state index in [0.29, 0.717) is 10.4 Å². The lowest BCUT2D eigenvalue weighted by atomic mass is 10.1.